The molecule has 0 saturated heterocycles. The molecule has 6 nitrogen and oxygen atoms in total. The number of ether oxygens (including phenoxy) is 1. The fourth-order valence-electron chi connectivity index (χ4n) is 3.89. The van der Waals surface area contributed by atoms with Crippen molar-refractivity contribution in [2.75, 3.05) is 13.7 Å². The predicted molar refractivity (Wildman–Crippen MR) is 121 cm³/mol. The third kappa shape index (κ3) is 4.12. The molecule has 0 aromatic heterocycles. The van der Waals surface area contributed by atoms with Gasteiger partial charge in [-0.15, -0.1) is 0 Å². The van der Waals surface area contributed by atoms with Crippen molar-refractivity contribution in [3.05, 3.63) is 100 Å². The number of benzene rings is 3. The minimum atomic E-state index is -0.328. The maximum absolute atomic E-state index is 12.9. The largest absolute Gasteiger partial charge is 0.496 e. The van der Waals surface area contributed by atoms with Gasteiger partial charge in [-0.1, -0.05) is 42.5 Å². The van der Waals surface area contributed by atoms with Crippen LogP contribution in [0.4, 0.5) is 0 Å². The van der Waals surface area contributed by atoms with Gasteiger partial charge in [-0.25, -0.2) is 0 Å². The number of nitrogens with zero attached hydrogens (tertiary/aromatic N) is 1. The Kier molecular flexibility index (Phi) is 6.03. The highest BCUT2D eigenvalue weighted by Gasteiger charge is 2.35. The summed E-state index contributed by atoms with van der Waals surface area (Å²) in [4.78, 5) is 39.4. The van der Waals surface area contributed by atoms with E-state index >= 15 is 0 Å². The van der Waals surface area contributed by atoms with Crippen LogP contribution in [0.15, 0.2) is 66.7 Å². The number of rotatable bonds is 7. The highest BCUT2D eigenvalue weighted by molar-refractivity contribution is 6.21. The lowest BCUT2D eigenvalue weighted by Gasteiger charge is -2.16. The Balaban J connectivity index is 1.48. The number of nitrogens with one attached hydrogen (secondary N) is 1. The lowest BCUT2D eigenvalue weighted by molar-refractivity contribution is 0.0642. The molecule has 0 saturated carbocycles. The summed E-state index contributed by atoms with van der Waals surface area (Å²) in [6, 6.07) is 19.9. The van der Waals surface area contributed by atoms with E-state index in [2.05, 4.69) is 5.32 Å². The fourth-order valence-corrected chi connectivity index (χ4v) is 3.89. The van der Waals surface area contributed by atoms with E-state index in [1.54, 1.807) is 42.5 Å². The smallest absolute Gasteiger partial charge is 0.261 e. The third-order valence-electron chi connectivity index (χ3n) is 5.67. The molecule has 3 aromatic carbocycles. The molecule has 0 unspecified atom stereocenters. The molecular weight excluding hydrogens is 404 g/mol. The Morgan fingerprint density at radius 3 is 2.25 bits per heavy atom. The Bertz CT molecular complexity index is 1170. The molecule has 3 aromatic rings. The first-order valence-electron chi connectivity index (χ1n) is 10.4. The van der Waals surface area contributed by atoms with E-state index in [1.165, 1.54) is 23.1 Å². The van der Waals surface area contributed by atoms with E-state index in [9.17, 15) is 14.4 Å². The number of carbonyl (C=O) groups is 3. The maximum atomic E-state index is 12.9. The first kappa shape index (κ1) is 21.3. The summed E-state index contributed by atoms with van der Waals surface area (Å²) in [5, 5.41) is 2.94. The standard InChI is InChI=1S/C26H24N2O4/c1-17-7-3-4-8-19(17)13-14-27-24(29)22-15-18(11-12-23(22)32-2)16-28-25(30)20-9-5-6-10-21(20)26(28)31/h3-12,15H,13-14,16H2,1-2H3,(H,27,29). The number of methoxy groups -OCH3 is 1. The van der Waals surface area contributed by atoms with E-state index in [0.29, 0.717) is 34.5 Å². The topological polar surface area (TPSA) is 75.7 Å². The van der Waals surface area contributed by atoms with Gasteiger partial charge in [0.25, 0.3) is 17.7 Å². The second-order valence-electron chi connectivity index (χ2n) is 7.71. The van der Waals surface area contributed by atoms with Gasteiger partial charge >= 0.3 is 0 Å². The van der Waals surface area contributed by atoms with Crippen LogP contribution >= 0.6 is 0 Å². The van der Waals surface area contributed by atoms with Gasteiger partial charge in [-0.05, 0) is 54.3 Å². The summed E-state index contributed by atoms with van der Waals surface area (Å²) in [7, 11) is 1.50. The molecule has 3 amide bonds. The van der Waals surface area contributed by atoms with E-state index in [4.69, 9.17) is 4.74 Å². The summed E-state index contributed by atoms with van der Waals surface area (Å²) in [5.74, 6) is -0.486. The van der Waals surface area contributed by atoms with Gasteiger partial charge < -0.3 is 10.1 Å². The lowest BCUT2D eigenvalue weighted by Crippen LogP contribution is -2.29. The van der Waals surface area contributed by atoms with Crippen LogP contribution in [0.25, 0.3) is 0 Å². The minimum absolute atomic E-state index is 0.0832. The highest BCUT2D eigenvalue weighted by Crippen LogP contribution is 2.26. The first-order valence-corrected chi connectivity index (χ1v) is 10.4. The molecule has 6 heteroatoms. The van der Waals surface area contributed by atoms with Crippen molar-refractivity contribution in [1.29, 1.82) is 0 Å². The zero-order valence-electron chi connectivity index (χ0n) is 18.1. The summed E-state index contributed by atoms with van der Waals surface area (Å²) in [6.07, 6.45) is 0.718. The van der Waals surface area contributed by atoms with E-state index in [1.807, 2.05) is 31.2 Å². The molecule has 0 fully saturated rings. The van der Waals surface area contributed by atoms with Gasteiger partial charge in [-0.3, -0.25) is 19.3 Å². The predicted octanol–water partition coefficient (Wildman–Crippen LogP) is 3.77. The fraction of sp³-hybridized carbons (Fsp3) is 0.192. The average molecular weight is 428 g/mol. The monoisotopic (exact) mass is 428 g/mol. The Hall–Kier alpha value is -3.93. The van der Waals surface area contributed by atoms with Gasteiger partial charge in [-0.2, -0.15) is 0 Å². The summed E-state index contributed by atoms with van der Waals surface area (Å²) < 4.78 is 5.36. The first-order chi connectivity index (χ1) is 15.5. The number of hydrogen-bond acceptors (Lipinski definition) is 4. The lowest BCUT2D eigenvalue weighted by atomic mass is 10.1. The second-order valence-corrected chi connectivity index (χ2v) is 7.71. The molecule has 32 heavy (non-hydrogen) atoms. The molecule has 162 valence electrons. The molecule has 0 radical (unpaired) electrons. The van der Waals surface area contributed by atoms with Crippen LogP contribution in [-0.2, 0) is 13.0 Å². The van der Waals surface area contributed by atoms with Crippen LogP contribution < -0.4 is 10.1 Å². The van der Waals surface area contributed by atoms with Gasteiger partial charge in [0.1, 0.15) is 5.75 Å². The Morgan fingerprint density at radius 2 is 1.59 bits per heavy atom. The summed E-state index contributed by atoms with van der Waals surface area (Å²) >= 11 is 0. The van der Waals surface area contributed by atoms with Crippen molar-refractivity contribution in [3.63, 3.8) is 0 Å². The molecule has 0 aliphatic carbocycles. The minimum Gasteiger partial charge on any atom is -0.496 e. The normalized spacial score (nSPS) is 12.6. The zero-order valence-corrected chi connectivity index (χ0v) is 18.1. The number of fused-ring (bicyclic) bond motifs is 1. The van der Waals surface area contributed by atoms with Crippen LogP contribution in [0.5, 0.6) is 5.75 Å². The molecular formula is C26H24N2O4. The molecule has 4 rings (SSSR count). The molecule has 1 N–H and O–H groups in total. The van der Waals surface area contributed by atoms with Crippen LogP contribution in [0.3, 0.4) is 0 Å². The summed E-state index contributed by atoms with van der Waals surface area (Å²) in [5.41, 5.74) is 4.21. The van der Waals surface area contributed by atoms with Crippen molar-refractivity contribution in [2.24, 2.45) is 0 Å². The van der Waals surface area contributed by atoms with Crippen LogP contribution in [0.2, 0.25) is 0 Å². The van der Waals surface area contributed by atoms with Crippen LogP contribution in [0, 0.1) is 6.92 Å². The van der Waals surface area contributed by atoms with Gasteiger partial charge in [0.15, 0.2) is 0 Å². The van der Waals surface area contributed by atoms with E-state index in [0.717, 1.165) is 6.42 Å². The average Bonchev–Trinajstić information content (AvgIpc) is 3.05. The van der Waals surface area contributed by atoms with Crippen molar-refractivity contribution in [3.8, 4) is 5.75 Å². The van der Waals surface area contributed by atoms with E-state index < -0.39 is 0 Å². The maximum Gasteiger partial charge on any atom is 0.261 e. The van der Waals surface area contributed by atoms with Crippen LogP contribution in [0.1, 0.15) is 47.8 Å². The van der Waals surface area contributed by atoms with E-state index in [-0.39, 0.29) is 24.3 Å². The molecule has 1 aliphatic rings. The number of carbonyl (C=O) groups excluding carboxylic acids is 3. The highest BCUT2D eigenvalue weighted by atomic mass is 16.5. The van der Waals surface area contributed by atoms with Crippen molar-refractivity contribution >= 4 is 17.7 Å². The number of hydrogen-bond donors (Lipinski definition) is 1. The third-order valence-corrected chi connectivity index (χ3v) is 5.67. The molecule has 0 atom stereocenters. The second kappa shape index (κ2) is 9.06. The van der Waals surface area contributed by atoms with Crippen molar-refractivity contribution in [2.45, 2.75) is 19.9 Å². The molecule has 0 bridgehead atoms. The molecule has 1 aliphatic heterocycles. The van der Waals surface area contributed by atoms with Crippen molar-refractivity contribution < 1.29 is 19.1 Å². The Morgan fingerprint density at radius 1 is 0.938 bits per heavy atom. The number of amides is 3. The number of imide groups is 1. The zero-order chi connectivity index (χ0) is 22.7. The van der Waals surface area contributed by atoms with Gasteiger partial charge in [0.2, 0.25) is 0 Å². The molecule has 0 spiro atoms. The quantitative estimate of drug-likeness (QED) is 0.581. The molecule has 1 heterocycles. The Labute approximate surface area is 186 Å². The summed E-state index contributed by atoms with van der Waals surface area (Å²) in [6.45, 7) is 2.61. The SMILES string of the molecule is COc1ccc(CN2C(=O)c3ccccc3C2=O)cc1C(=O)NCCc1ccccc1C. The van der Waals surface area contributed by atoms with Crippen molar-refractivity contribution in [1.82, 2.24) is 10.2 Å². The van der Waals surface area contributed by atoms with Gasteiger partial charge in [0.05, 0.1) is 30.3 Å². The van der Waals surface area contributed by atoms with Crippen LogP contribution in [-0.4, -0.2) is 36.3 Å². The number of aryl methyl sites for hydroxylation is 1. The van der Waals surface area contributed by atoms with Gasteiger partial charge in [0, 0.05) is 6.54 Å².